The molecule has 2 aromatic heterocycles. The lowest BCUT2D eigenvalue weighted by atomic mass is 10.1. The van der Waals surface area contributed by atoms with Crippen LogP contribution < -0.4 is 5.56 Å². The van der Waals surface area contributed by atoms with E-state index in [-0.39, 0.29) is 24.2 Å². The molecule has 0 amide bonds. The Bertz CT molecular complexity index is 1130. The topological polar surface area (TPSA) is 61.9 Å². The van der Waals surface area contributed by atoms with Crippen LogP contribution in [0.2, 0.25) is 10.0 Å². The molecule has 0 aliphatic carbocycles. The van der Waals surface area contributed by atoms with Crippen LogP contribution in [-0.2, 0) is 25.7 Å². The van der Waals surface area contributed by atoms with Crippen LogP contribution in [-0.4, -0.2) is 26.4 Å². The van der Waals surface area contributed by atoms with E-state index in [9.17, 15) is 18.0 Å². The van der Waals surface area contributed by atoms with E-state index in [4.69, 9.17) is 23.2 Å². The van der Waals surface area contributed by atoms with E-state index in [0.717, 1.165) is 11.1 Å². The second-order valence-corrected chi connectivity index (χ2v) is 7.88. The van der Waals surface area contributed by atoms with Crippen LogP contribution in [0.4, 0.5) is 13.2 Å². The second-order valence-electron chi connectivity index (χ2n) is 7.01. The molecule has 30 heavy (non-hydrogen) atoms. The predicted octanol–water partition coefficient (Wildman–Crippen LogP) is 4.72. The fraction of sp³-hybridized carbons (Fsp3) is 0.250. The number of fused-ring (bicyclic) bond motifs is 1. The van der Waals surface area contributed by atoms with Crippen molar-refractivity contribution in [1.29, 1.82) is 0 Å². The van der Waals surface area contributed by atoms with Gasteiger partial charge >= 0.3 is 6.18 Å². The van der Waals surface area contributed by atoms with Gasteiger partial charge in [-0.15, -0.1) is 0 Å². The monoisotopic (exact) mass is 454 g/mol. The maximum Gasteiger partial charge on any atom is 0.449 e. The average molecular weight is 455 g/mol. The molecule has 0 spiro atoms. The van der Waals surface area contributed by atoms with Crippen LogP contribution in [0.3, 0.4) is 0 Å². The molecule has 1 N–H and O–H groups in total. The normalized spacial score (nSPS) is 14.6. The molecular formula is C20H15Cl2F3N4O. The van der Waals surface area contributed by atoms with Crippen LogP contribution in [0.1, 0.15) is 22.6 Å². The first-order chi connectivity index (χ1) is 14.2. The summed E-state index contributed by atoms with van der Waals surface area (Å²) in [6.07, 6.45) is -2.68. The Morgan fingerprint density at radius 2 is 1.87 bits per heavy atom. The zero-order valence-corrected chi connectivity index (χ0v) is 16.9. The van der Waals surface area contributed by atoms with Gasteiger partial charge in [-0.25, -0.2) is 4.98 Å². The quantitative estimate of drug-likeness (QED) is 0.621. The van der Waals surface area contributed by atoms with Crippen molar-refractivity contribution in [2.75, 3.05) is 6.54 Å². The van der Waals surface area contributed by atoms with E-state index in [1.54, 1.807) is 24.4 Å². The smallest absolute Gasteiger partial charge is 0.303 e. The minimum Gasteiger partial charge on any atom is -0.303 e. The van der Waals surface area contributed by atoms with Crippen LogP contribution in [0.25, 0.3) is 11.3 Å². The van der Waals surface area contributed by atoms with Crippen molar-refractivity contribution >= 4 is 23.2 Å². The summed E-state index contributed by atoms with van der Waals surface area (Å²) < 4.78 is 38.5. The number of alkyl halides is 3. The van der Waals surface area contributed by atoms with E-state index in [0.29, 0.717) is 28.8 Å². The Morgan fingerprint density at radius 3 is 2.50 bits per heavy atom. The summed E-state index contributed by atoms with van der Waals surface area (Å²) in [5.74, 6) is -1.25. The van der Waals surface area contributed by atoms with Crippen molar-refractivity contribution in [3.63, 3.8) is 0 Å². The lowest BCUT2D eigenvalue weighted by Gasteiger charge is -2.27. The van der Waals surface area contributed by atoms with E-state index in [1.807, 2.05) is 22.0 Å². The van der Waals surface area contributed by atoms with Gasteiger partial charge in [0, 0.05) is 47.9 Å². The number of H-pyrrole nitrogens is 1. The number of nitrogens with zero attached hydrogens (tertiary/aromatic N) is 3. The van der Waals surface area contributed by atoms with Gasteiger partial charge in [0.05, 0.1) is 17.0 Å². The number of benzene rings is 1. The minimum atomic E-state index is -4.67. The molecular weight excluding hydrogens is 440 g/mol. The number of hydrogen-bond acceptors (Lipinski definition) is 4. The summed E-state index contributed by atoms with van der Waals surface area (Å²) in [5.41, 5.74) is 2.15. The van der Waals surface area contributed by atoms with Gasteiger partial charge in [0.15, 0.2) is 0 Å². The van der Waals surface area contributed by atoms with Gasteiger partial charge in [0.2, 0.25) is 5.82 Å². The molecule has 0 atom stereocenters. The highest BCUT2D eigenvalue weighted by atomic mass is 35.5. The van der Waals surface area contributed by atoms with Crippen LogP contribution in [0.5, 0.6) is 0 Å². The van der Waals surface area contributed by atoms with Gasteiger partial charge < -0.3 is 4.98 Å². The predicted molar refractivity (Wildman–Crippen MR) is 107 cm³/mol. The van der Waals surface area contributed by atoms with Crippen molar-refractivity contribution < 1.29 is 13.2 Å². The highest BCUT2D eigenvalue weighted by Gasteiger charge is 2.35. The van der Waals surface area contributed by atoms with Gasteiger partial charge in [-0.2, -0.15) is 13.2 Å². The first-order valence-electron chi connectivity index (χ1n) is 9.02. The Labute approximate surface area is 179 Å². The summed E-state index contributed by atoms with van der Waals surface area (Å²) in [4.78, 5) is 24.0. The zero-order valence-electron chi connectivity index (χ0n) is 15.4. The fourth-order valence-corrected chi connectivity index (χ4v) is 3.92. The van der Waals surface area contributed by atoms with Gasteiger partial charge in [-0.1, -0.05) is 29.3 Å². The summed E-state index contributed by atoms with van der Waals surface area (Å²) in [7, 11) is 0. The molecule has 10 heteroatoms. The van der Waals surface area contributed by atoms with Gasteiger partial charge in [0.25, 0.3) is 5.56 Å². The first-order valence-corrected chi connectivity index (χ1v) is 9.77. The van der Waals surface area contributed by atoms with Crippen molar-refractivity contribution in [2.24, 2.45) is 0 Å². The van der Waals surface area contributed by atoms with E-state index in [1.165, 1.54) is 0 Å². The van der Waals surface area contributed by atoms with E-state index >= 15 is 0 Å². The number of halogens is 5. The number of nitrogens with one attached hydrogen (secondary N) is 1. The lowest BCUT2D eigenvalue weighted by Crippen LogP contribution is -2.36. The molecule has 5 nitrogen and oxygen atoms in total. The maximum absolute atomic E-state index is 12.8. The summed E-state index contributed by atoms with van der Waals surface area (Å²) >= 11 is 12.1. The molecule has 0 radical (unpaired) electrons. The summed E-state index contributed by atoms with van der Waals surface area (Å²) in [6.45, 7) is 1.22. The molecule has 1 aliphatic rings. The highest BCUT2D eigenvalue weighted by Crippen LogP contribution is 2.28. The van der Waals surface area contributed by atoms with Crippen molar-refractivity contribution in [1.82, 2.24) is 19.9 Å². The molecule has 4 rings (SSSR count). The zero-order chi connectivity index (χ0) is 21.5. The average Bonchev–Trinajstić information content (AvgIpc) is 2.67. The highest BCUT2D eigenvalue weighted by molar-refractivity contribution is 6.35. The third-order valence-electron chi connectivity index (χ3n) is 4.81. The number of rotatable bonds is 3. The van der Waals surface area contributed by atoms with Crippen LogP contribution >= 0.6 is 23.2 Å². The molecule has 0 saturated heterocycles. The Morgan fingerprint density at radius 1 is 1.13 bits per heavy atom. The van der Waals surface area contributed by atoms with Crippen LogP contribution in [0.15, 0.2) is 41.3 Å². The molecule has 0 fully saturated rings. The molecule has 3 heterocycles. The van der Waals surface area contributed by atoms with E-state index in [2.05, 4.69) is 9.97 Å². The van der Waals surface area contributed by atoms with Crippen molar-refractivity contribution in [2.45, 2.75) is 25.7 Å². The Hall–Kier alpha value is -2.42. The number of aromatic nitrogens is 3. The SMILES string of the molecule is O=c1[nH]c(C(F)(F)F)nc2c1CN(Cc1ccc(-c3cc(Cl)cc(Cl)c3)nc1)CC2. The standard InChI is InChI=1S/C20H15Cl2F3N4O/c21-13-5-12(6-14(22)7-13)16-2-1-11(8-26-16)9-29-4-3-17-15(10-29)18(30)28-19(27-17)20(23,24)25/h1-2,5-8H,3-4,9-10H2,(H,27,28,30). The summed E-state index contributed by atoms with van der Waals surface area (Å²) in [6, 6.07) is 8.93. The largest absolute Gasteiger partial charge is 0.449 e. The first kappa shape index (κ1) is 20.8. The molecule has 1 aromatic carbocycles. The van der Waals surface area contributed by atoms with Gasteiger partial charge in [-0.05, 0) is 29.8 Å². The summed E-state index contributed by atoms with van der Waals surface area (Å²) in [5, 5.41) is 1.03. The molecule has 0 saturated carbocycles. The number of pyridine rings is 1. The molecule has 156 valence electrons. The molecule has 1 aliphatic heterocycles. The maximum atomic E-state index is 12.8. The van der Waals surface area contributed by atoms with Crippen molar-refractivity contribution in [3.05, 3.63) is 79.6 Å². The third-order valence-corrected chi connectivity index (χ3v) is 5.24. The van der Waals surface area contributed by atoms with Gasteiger partial charge in [-0.3, -0.25) is 14.7 Å². The minimum absolute atomic E-state index is 0.202. The second kappa shape index (κ2) is 8.02. The lowest BCUT2D eigenvalue weighted by molar-refractivity contribution is -0.145. The third kappa shape index (κ3) is 4.50. The molecule has 0 unspecified atom stereocenters. The van der Waals surface area contributed by atoms with E-state index < -0.39 is 17.6 Å². The molecule has 0 bridgehead atoms. The van der Waals surface area contributed by atoms with Crippen LogP contribution in [0, 0.1) is 0 Å². The number of aromatic amines is 1. The Kier molecular flexibility index (Phi) is 5.57. The Balaban J connectivity index is 1.49. The molecule has 3 aromatic rings. The fourth-order valence-electron chi connectivity index (χ4n) is 3.40. The number of hydrogen-bond donors (Lipinski definition) is 1. The van der Waals surface area contributed by atoms with Crippen molar-refractivity contribution in [3.8, 4) is 11.3 Å². The van der Waals surface area contributed by atoms with Gasteiger partial charge in [0.1, 0.15) is 0 Å².